The number of hydrogen-bond donors (Lipinski definition) is 2. The molecule has 0 saturated heterocycles. The maximum atomic E-state index is 13.5. The summed E-state index contributed by atoms with van der Waals surface area (Å²) >= 11 is 0. The van der Waals surface area contributed by atoms with E-state index in [2.05, 4.69) is 5.10 Å². The maximum Gasteiger partial charge on any atom is 0.276 e. The van der Waals surface area contributed by atoms with E-state index in [1.54, 1.807) is 0 Å². The summed E-state index contributed by atoms with van der Waals surface area (Å²) in [4.78, 5) is 23.1. The standard InChI is InChI=1S/C12H11F2N3O3/c13-6-1-2-7(8(14)5-6)10(18)12(20)17-9(11(15)19)3-4-16-17/h1-2,4-5,9-10,18H,3H2,(H2,15,19). The van der Waals surface area contributed by atoms with Crippen molar-refractivity contribution in [1.82, 2.24) is 5.01 Å². The van der Waals surface area contributed by atoms with Gasteiger partial charge in [-0.3, -0.25) is 9.59 Å². The highest BCUT2D eigenvalue weighted by atomic mass is 19.1. The Morgan fingerprint density at radius 3 is 2.75 bits per heavy atom. The first-order chi connectivity index (χ1) is 9.41. The molecule has 20 heavy (non-hydrogen) atoms. The number of benzene rings is 1. The summed E-state index contributed by atoms with van der Waals surface area (Å²) in [6, 6.07) is 1.39. The second kappa shape index (κ2) is 5.33. The molecule has 0 radical (unpaired) electrons. The second-order valence-electron chi connectivity index (χ2n) is 4.20. The smallest absolute Gasteiger partial charge is 0.276 e. The molecule has 1 aliphatic rings. The normalized spacial score (nSPS) is 19.1. The fourth-order valence-corrected chi connectivity index (χ4v) is 1.84. The van der Waals surface area contributed by atoms with Gasteiger partial charge >= 0.3 is 0 Å². The molecule has 1 heterocycles. The van der Waals surface area contributed by atoms with Crippen molar-refractivity contribution in [2.75, 3.05) is 0 Å². The Bertz CT molecular complexity index is 591. The lowest BCUT2D eigenvalue weighted by Gasteiger charge is -2.22. The number of nitrogens with two attached hydrogens (primary N) is 1. The first kappa shape index (κ1) is 14.1. The highest BCUT2D eigenvalue weighted by Gasteiger charge is 2.35. The molecule has 1 aromatic rings. The van der Waals surface area contributed by atoms with Gasteiger partial charge in [-0.1, -0.05) is 6.07 Å². The largest absolute Gasteiger partial charge is 0.378 e. The van der Waals surface area contributed by atoms with Crippen molar-refractivity contribution in [1.29, 1.82) is 0 Å². The van der Waals surface area contributed by atoms with Crippen molar-refractivity contribution in [3.63, 3.8) is 0 Å². The number of nitrogens with zero attached hydrogens (tertiary/aromatic N) is 2. The predicted molar refractivity (Wildman–Crippen MR) is 64.3 cm³/mol. The SMILES string of the molecule is NC(=O)C1CC=NN1C(=O)C(O)c1ccc(F)cc1F. The number of aliphatic hydroxyl groups is 1. The fourth-order valence-electron chi connectivity index (χ4n) is 1.84. The van der Waals surface area contributed by atoms with Crippen molar-refractivity contribution in [3.05, 3.63) is 35.4 Å². The molecule has 0 bridgehead atoms. The molecular weight excluding hydrogens is 272 g/mol. The minimum atomic E-state index is -1.90. The second-order valence-corrected chi connectivity index (χ2v) is 4.20. The molecule has 6 nitrogen and oxygen atoms in total. The number of carbonyl (C=O) groups excluding carboxylic acids is 2. The average molecular weight is 283 g/mol. The van der Waals surface area contributed by atoms with Crippen LogP contribution in [0.25, 0.3) is 0 Å². The fraction of sp³-hybridized carbons (Fsp3) is 0.250. The van der Waals surface area contributed by atoms with Crippen molar-refractivity contribution < 1.29 is 23.5 Å². The van der Waals surface area contributed by atoms with Crippen LogP contribution in [0.1, 0.15) is 18.1 Å². The summed E-state index contributed by atoms with van der Waals surface area (Å²) in [7, 11) is 0. The number of hydrazone groups is 1. The number of aliphatic hydroxyl groups excluding tert-OH is 1. The minimum absolute atomic E-state index is 0.125. The summed E-state index contributed by atoms with van der Waals surface area (Å²) in [5.41, 5.74) is 4.70. The monoisotopic (exact) mass is 283 g/mol. The number of halogens is 2. The quantitative estimate of drug-likeness (QED) is 0.821. The third-order valence-corrected chi connectivity index (χ3v) is 2.88. The third-order valence-electron chi connectivity index (χ3n) is 2.88. The number of amides is 2. The first-order valence-corrected chi connectivity index (χ1v) is 5.69. The Kier molecular flexibility index (Phi) is 3.75. The average Bonchev–Trinajstić information content (AvgIpc) is 2.86. The Labute approximate surface area is 112 Å². The van der Waals surface area contributed by atoms with Crippen LogP contribution in [0.2, 0.25) is 0 Å². The molecule has 0 spiro atoms. The molecule has 0 saturated carbocycles. The Balaban J connectivity index is 2.24. The van der Waals surface area contributed by atoms with Gasteiger partial charge in [0, 0.05) is 24.3 Å². The van der Waals surface area contributed by atoms with E-state index in [1.807, 2.05) is 0 Å². The number of rotatable bonds is 3. The van der Waals surface area contributed by atoms with Gasteiger partial charge in [0.25, 0.3) is 5.91 Å². The van der Waals surface area contributed by atoms with E-state index in [0.29, 0.717) is 11.1 Å². The van der Waals surface area contributed by atoms with Gasteiger partial charge in [-0.05, 0) is 6.07 Å². The maximum absolute atomic E-state index is 13.5. The van der Waals surface area contributed by atoms with Crippen molar-refractivity contribution >= 4 is 18.0 Å². The summed E-state index contributed by atoms with van der Waals surface area (Å²) in [6.45, 7) is 0. The predicted octanol–water partition coefficient (Wildman–Crippen LogP) is 0.0702. The molecule has 2 atom stereocenters. The lowest BCUT2D eigenvalue weighted by atomic mass is 10.1. The Hall–Kier alpha value is -2.35. The van der Waals surface area contributed by atoms with Crippen LogP contribution in [0.4, 0.5) is 8.78 Å². The van der Waals surface area contributed by atoms with Crippen LogP contribution in [0, 0.1) is 11.6 Å². The molecule has 0 aliphatic carbocycles. The summed E-state index contributed by atoms with van der Waals surface area (Å²) < 4.78 is 26.3. The lowest BCUT2D eigenvalue weighted by molar-refractivity contribution is -0.146. The van der Waals surface area contributed by atoms with Gasteiger partial charge in [-0.2, -0.15) is 5.10 Å². The minimum Gasteiger partial charge on any atom is -0.378 e. The molecular formula is C12H11F2N3O3. The molecule has 1 aliphatic heterocycles. The van der Waals surface area contributed by atoms with Gasteiger partial charge in [-0.15, -0.1) is 0 Å². The number of carbonyl (C=O) groups is 2. The van der Waals surface area contributed by atoms with Gasteiger partial charge < -0.3 is 10.8 Å². The van der Waals surface area contributed by atoms with Crippen LogP contribution >= 0.6 is 0 Å². The summed E-state index contributed by atoms with van der Waals surface area (Å²) in [5, 5.41) is 14.2. The van der Waals surface area contributed by atoms with E-state index in [0.717, 1.165) is 12.1 Å². The Morgan fingerprint density at radius 1 is 1.45 bits per heavy atom. The molecule has 2 unspecified atom stereocenters. The lowest BCUT2D eigenvalue weighted by Crippen LogP contribution is -2.44. The highest BCUT2D eigenvalue weighted by molar-refractivity contribution is 5.92. The molecule has 0 aromatic heterocycles. The van der Waals surface area contributed by atoms with E-state index >= 15 is 0 Å². The summed E-state index contributed by atoms with van der Waals surface area (Å²) in [5.74, 6) is -3.69. The molecule has 3 N–H and O–H groups in total. The molecule has 106 valence electrons. The van der Waals surface area contributed by atoms with E-state index in [9.17, 15) is 23.5 Å². The van der Waals surface area contributed by atoms with Crippen LogP contribution in [0.5, 0.6) is 0 Å². The topological polar surface area (TPSA) is 96.0 Å². The molecule has 0 fully saturated rings. The molecule has 2 amide bonds. The van der Waals surface area contributed by atoms with Gasteiger partial charge in [0.05, 0.1) is 0 Å². The number of primary amides is 1. The van der Waals surface area contributed by atoms with Crippen LogP contribution in [-0.2, 0) is 9.59 Å². The van der Waals surface area contributed by atoms with Crippen LogP contribution in [0.15, 0.2) is 23.3 Å². The summed E-state index contributed by atoms with van der Waals surface area (Å²) in [6.07, 6.45) is -0.478. The van der Waals surface area contributed by atoms with E-state index < -0.39 is 41.2 Å². The third kappa shape index (κ3) is 2.50. The van der Waals surface area contributed by atoms with Gasteiger partial charge in [-0.25, -0.2) is 13.8 Å². The van der Waals surface area contributed by atoms with Crippen molar-refractivity contribution in [2.45, 2.75) is 18.6 Å². The van der Waals surface area contributed by atoms with E-state index in [-0.39, 0.29) is 6.42 Å². The number of hydrogen-bond acceptors (Lipinski definition) is 4. The van der Waals surface area contributed by atoms with E-state index in [4.69, 9.17) is 5.73 Å². The molecule has 1 aromatic carbocycles. The van der Waals surface area contributed by atoms with Gasteiger partial charge in [0.1, 0.15) is 17.7 Å². The van der Waals surface area contributed by atoms with Gasteiger partial charge in [0.2, 0.25) is 5.91 Å². The zero-order valence-corrected chi connectivity index (χ0v) is 10.2. The van der Waals surface area contributed by atoms with Crippen LogP contribution in [0.3, 0.4) is 0 Å². The van der Waals surface area contributed by atoms with Crippen molar-refractivity contribution in [2.24, 2.45) is 10.8 Å². The Morgan fingerprint density at radius 2 is 2.15 bits per heavy atom. The van der Waals surface area contributed by atoms with Gasteiger partial charge in [0.15, 0.2) is 6.10 Å². The van der Waals surface area contributed by atoms with Crippen LogP contribution in [-0.4, -0.2) is 34.2 Å². The molecule has 8 heteroatoms. The van der Waals surface area contributed by atoms with Crippen molar-refractivity contribution in [3.8, 4) is 0 Å². The zero-order valence-electron chi connectivity index (χ0n) is 10.2. The molecule has 2 rings (SSSR count). The highest BCUT2D eigenvalue weighted by Crippen LogP contribution is 2.23. The van der Waals surface area contributed by atoms with E-state index in [1.165, 1.54) is 6.21 Å². The zero-order chi connectivity index (χ0) is 14.9. The first-order valence-electron chi connectivity index (χ1n) is 5.69. The van der Waals surface area contributed by atoms with Crippen LogP contribution < -0.4 is 5.73 Å².